The van der Waals surface area contributed by atoms with Gasteiger partial charge in [-0.3, -0.25) is 4.79 Å². The number of amides is 1. The van der Waals surface area contributed by atoms with E-state index in [0.29, 0.717) is 11.5 Å². The third-order valence-corrected chi connectivity index (χ3v) is 4.26. The standard InChI is InChI=1S/C18H15Cl2NO6/c1-24-17-12(19)5-11(6-13(17)20)18(23)25-8-16(22)21-7-10-2-3-14-15(4-10)27-9-26-14/h2-6H,7-9H2,1H3,(H,21,22). The fourth-order valence-electron chi connectivity index (χ4n) is 2.39. The molecule has 0 saturated heterocycles. The van der Waals surface area contributed by atoms with Gasteiger partial charge in [0.25, 0.3) is 5.91 Å². The van der Waals surface area contributed by atoms with Crippen molar-refractivity contribution in [1.29, 1.82) is 0 Å². The summed E-state index contributed by atoms with van der Waals surface area (Å²) in [5, 5.41) is 2.99. The fourth-order valence-corrected chi connectivity index (χ4v) is 3.03. The van der Waals surface area contributed by atoms with Gasteiger partial charge in [-0.25, -0.2) is 4.79 Å². The number of rotatable bonds is 6. The van der Waals surface area contributed by atoms with Crippen LogP contribution in [-0.4, -0.2) is 32.4 Å². The Morgan fingerprint density at radius 2 is 1.81 bits per heavy atom. The number of ether oxygens (including phenoxy) is 4. The lowest BCUT2D eigenvalue weighted by molar-refractivity contribution is -0.124. The summed E-state index contributed by atoms with van der Waals surface area (Å²) in [4.78, 5) is 24.0. The normalized spacial score (nSPS) is 11.8. The van der Waals surface area contributed by atoms with Gasteiger partial charge in [0.15, 0.2) is 23.9 Å². The van der Waals surface area contributed by atoms with E-state index in [9.17, 15) is 9.59 Å². The molecule has 0 bridgehead atoms. The molecule has 0 radical (unpaired) electrons. The van der Waals surface area contributed by atoms with Crippen molar-refractivity contribution in [2.75, 3.05) is 20.5 Å². The molecule has 9 heteroatoms. The molecule has 0 aliphatic carbocycles. The largest absolute Gasteiger partial charge is 0.494 e. The third-order valence-electron chi connectivity index (χ3n) is 3.70. The summed E-state index contributed by atoms with van der Waals surface area (Å²) < 4.78 is 20.5. The molecule has 0 atom stereocenters. The van der Waals surface area contributed by atoms with Gasteiger partial charge in [-0.05, 0) is 29.8 Å². The molecule has 0 spiro atoms. The molecule has 1 aliphatic heterocycles. The van der Waals surface area contributed by atoms with Gasteiger partial charge in [0, 0.05) is 6.54 Å². The first kappa shape index (κ1) is 19.1. The van der Waals surface area contributed by atoms with Crippen LogP contribution in [0.5, 0.6) is 17.2 Å². The Morgan fingerprint density at radius 3 is 2.52 bits per heavy atom. The zero-order chi connectivity index (χ0) is 19.4. The first-order valence-corrected chi connectivity index (χ1v) is 8.59. The van der Waals surface area contributed by atoms with Crippen molar-refractivity contribution in [1.82, 2.24) is 5.32 Å². The van der Waals surface area contributed by atoms with Crippen molar-refractivity contribution < 1.29 is 28.5 Å². The maximum Gasteiger partial charge on any atom is 0.338 e. The second-order valence-corrected chi connectivity index (χ2v) is 6.33. The van der Waals surface area contributed by atoms with E-state index in [1.807, 2.05) is 0 Å². The van der Waals surface area contributed by atoms with Gasteiger partial charge in [-0.2, -0.15) is 0 Å². The van der Waals surface area contributed by atoms with Crippen LogP contribution in [0.25, 0.3) is 0 Å². The number of methoxy groups -OCH3 is 1. The average Bonchev–Trinajstić information content (AvgIpc) is 3.12. The summed E-state index contributed by atoms with van der Waals surface area (Å²) in [6.45, 7) is -0.00163. The van der Waals surface area contributed by atoms with Gasteiger partial charge in [-0.1, -0.05) is 29.3 Å². The van der Waals surface area contributed by atoms with Crippen LogP contribution >= 0.6 is 23.2 Å². The summed E-state index contributed by atoms with van der Waals surface area (Å²) in [5.41, 5.74) is 0.946. The van der Waals surface area contributed by atoms with Gasteiger partial charge in [-0.15, -0.1) is 0 Å². The Balaban J connectivity index is 1.51. The highest BCUT2D eigenvalue weighted by molar-refractivity contribution is 6.37. The lowest BCUT2D eigenvalue weighted by Gasteiger charge is -2.09. The maximum atomic E-state index is 12.1. The van der Waals surface area contributed by atoms with Gasteiger partial charge in [0.05, 0.1) is 22.7 Å². The maximum absolute atomic E-state index is 12.1. The number of esters is 1. The topological polar surface area (TPSA) is 83.1 Å². The van der Waals surface area contributed by atoms with E-state index in [-0.39, 0.29) is 34.7 Å². The van der Waals surface area contributed by atoms with Crippen LogP contribution in [0.15, 0.2) is 30.3 Å². The van der Waals surface area contributed by atoms with E-state index >= 15 is 0 Å². The smallest absolute Gasteiger partial charge is 0.338 e. The van der Waals surface area contributed by atoms with Crippen molar-refractivity contribution >= 4 is 35.1 Å². The van der Waals surface area contributed by atoms with Gasteiger partial charge < -0.3 is 24.3 Å². The monoisotopic (exact) mass is 411 g/mol. The highest BCUT2D eigenvalue weighted by atomic mass is 35.5. The summed E-state index contributed by atoms with van der Waals surface area (Å²) in [5.74, 6) is 0.375. The highest BCUT2D eigenvalue weighted by Gasteiger charge is 2.16. The van der Waals surface area contributed by atoms with Crippen molar-refractivity contribution in [2.24, 2.45) is 0 Å². The number of hydrogen-bond donors (Lipinski definition) is 1. The molecular formula is C18H15Cl2NO6. The van der Waals surface area contributed by atoms with Gasteiger partial charge >= 0.3 is 5.97 Å². The Labute approximate surface area is 165 Å². The zero-order valence-corrected chi connectivity index (χ0v) is 15.7. The molecule has 1 N–H and O–H groups in total. The molecule has 142 valence electrons. The Morgan fingerprint density at radius 1 is 1.11 bits per heavy atom. The molecule has 0 fully saturated rings. The Kier molecular flexibility index (Phi) is 5.93. The van der Waals surface area contributed by atoms with E-state index in [2.05, 4.69) is 5.32 Å². The summed E-state index contributed by atoms with van der Waals surface area (Å²) in [6.07, 6.45) is 0. The SMILES string of the molecule is COc1c(Cl)cc(C(=O)OCC(=O)NCc2ccc3c(c2)OCO3)cc1Cl. The van der Waals surface area contributed by atoms with E-state index in [4.69, 9.17) is 42.1 Å². The molecule has 1 heterocycles. The van der Waals surface area contributed by atoms with E-state index in [1.54, 1.807) is 18.2 Å². The number of halogens is 2. The van der Waals surface area contributed by atoms with Crippen LogP contribution in [0.2, 0.25) is 10.0 Å². The number of benzene rings is 2. The zero-order valence-electron chi connectivity index (χ0n) is 14.2. The first-order valence-electron chi connectivity index (χ1n) is 7.83. The van der Waals surface area contributed by atoms with Crippen LogP contribution in [0.3, 0.4) is 0 Å². The molecule has 1 aliphatic rings. The summed E-state index contributed by atoms with van der Waals surface area (Å²) >= 11 is 12.0. The molecule has 3 rings (SSSR count). The average molecular weight is 412 g/mol. The van der Waals surface area contributed by atoms with Crippen LogP contribution in [-0.2, 0) is 16.1 Å². The van der Waals surface area contributed by atoms with Crippen molar-refractivity contribution in [3.63, 3.8) is 0 Å². The molecule has 1 amide bonds. The minimum absolute atomic E-state index is 0.120. The Bertz CT molecular complexity index is 863. The number of nitrogens with one attached hydrogen (secondary N) is 1. The molecule has 7 nitrogen and oxygen atoms in total. The number of fused-ring (bicyclic) bond motifs is 1. The lowest BCUT2D eigenvalue weighted by atomic mass is 10.2. The van der Waals surface area contributed by atoms with Crippen molar-refractivity contribution in [3.05, 3.63) is 51.5 Å². The van der Waals surface area contributed by atoms with Crippen molar-refractivity contribution in [3.8, 4) is 17.2 Å². The second kappa shape index (κ2) is 8.37. The molecule has 0 unspecified atom stereocenters. The summed E-state index contributed by atoms with van der Waals surface area (Å²) in [7, 11) is 1.41. The number of carbonyl (C=O) groups is 2. The number of hydrogen-bond acceptors (Lipinski definition) is 6. The molecule has 2 aromatic rings. The molecule has 0 aromatic heterocycles. The van der Waals surface area contributed by atoms with E-state index < -0.39 is 18.5 Å². The second-order valence-electron chi connectivity index (χ2n) is 5.51. The highest BCUT2D eigenvalue weighted by Crippen LogP contribution is 2.34. The molecule has 2 aromatic carbocycles. The third kappa shape index (κ3) is 4.56. The van der Waals surface area contributed by atoms with Gasteiger partial charge in [0.2, 0.25) is 6.79 Å². The molecule has 27 heavy (non-hydrogen) atoms. The predicted molar refractivity (Wildman–Crippen MR) is 97.7 cm³/mol. The van der Waals surface area contributed by atoms with Gasteiger partial charge in [0.1, 0.15) is 0 Å². The fraction of sp³-hybridized carbons (Fsp3) is 0.222. The van der Waals surface area contributed by atoms with E-state index in [1.165, 1.54) is 19.2 Å². The molecule has 0 saturated carbocycles. The van der Waals surface area contributed by atoms with Crippen molar-refractivity contribution in [2.45, 2.75) is 6.54 Å². The van der Waals surface area contributed by atoms with Crippen LogP contribution in [0.4, 0.5) is 0 Å². The first-order chi connectivity index (χ1) is 13.0. The predicted octanol–water partition coefficient (Wildman–Crippen LogP) is 3.20. The Hall–Kier alpha value is -2.64. The quantitative estimate of drug-likeness (QED) is 0.734. The minimum atomic E-state index is -0.723. The van der Waals surface area contributed by atoms with Crippen LogP contribution in [0.1, 0.15) is 15.9 Å². The van der Waals surface area contributed by atoms with Crippen LogP contribution in [0, 0.1) is 0 Å². The number of carbonyl (C=O) groups excluding carboxylic acids is 2. The van der Waals surface area contributed by atoms with E-state index in [0.717, 1.165) is 5.56 Å². The lowest BCUT2D eigenvalue weighted by Crippen LogP contribution is -2.28. The summed E-state index contributed by atoms with van der Waals surface area (Å²) in [6, 6.07) is 8.07. The molecular weight excluding hydrogens is 397 g/mol. The van der Waals surface area contributed by atoms with Crippen LogP contribution < -0.4 is 19.5 Å². The minimum Gasteiger partial charge on any atom is -0.494 e.